The van der Waals surface area contributed by atoms with Crippen LogP contribution in [0.2, 0.25) is 5.02 Å². The minimum atomic E-state index is 0.602. The summed E-state index contributed by atoms with van der Waals surface area (Å²) in [5.74, 6) is 1.00. The van der Waals surface area contributed by atoms with Crippen molar-refractivity contribution in [3.8, 4) is 0 Å². The molecule has 0 aromatic carbocycles. The van der Waals surface area contributed by atoms with Crippen molar-refractivity contribution in [1.82, 2.24) is 10.3 Å². The van der Waals surface area contributed by atoms with Crippen molar-refractivity contribution in [2.75, 3.05) is 12.3 Å². The summed E-state index contributed by atoms with van der Waals surface area (Å²) >= 11 is 7.71. The zero-order valence-corrected chi connectivity index (χ0v) is 11.4. The van der Waals surface area contributed by atoms with E-state index in [1.54, 1.807) is 18.0 Å². The largest absolute Gasteiger partial charge is 0.313 e. The molecule has 1 atom stereocenters. The average Bonchev–Trinajstić information content (AvgIpc) is 2.27. The van der Waals surface area contributed by atoms with E-state index >= 15 is 0 Å². The average molecular weight is 259 g/mol. The van der Waals surface area contributed by atoms with E-state index in [0.717, 1.165) is 22.3 Å². The minimum Gasteiger partial charge on any atom is -0.313 e. The summed E-state index contributed by atoms with van der Waals surface area (Å²) in [4.78, 5) is 4.23. The molecule has 1 N–H and O–H groups in total. The summed E-state index contributed by atoms with van der Waals surface area (Å²) in [5, 5.41) is 5.15. The molecule has 0 aliphatic rings. The molecule has 0 saturated carbocycles. The van der Waals surface area contributed by atoms with Gasteiger partial charge >= 0.3 is 0 Å². The highest BCUT2D eigenvalue weighted by Gasteiger charge is 2.02. The lowest BCUT2D eigenvalue weighted by Crippen LogP contribution is -2.27. The van der Waals surface area contributed by atoms with E-state index in [2.05, 4.69) is 24.1 Å². The lowest BCUT2D eigenvalue weighted by atomic mass is 10.2. The van der Waals surface area contributed by atoms with Crippen LogP contribution in [0.15, 0.2) is 23.4 Å². The number of aromatic nitrogens is 1. The second-order valence-electron chi connectivity index (χ2n) is 3.78. The first-order chi connectivity index (χ1) is 7.74. The van der Waals surface area contributed by atoms with Gasteiger partial charge in [0.1, 0.15) is 5.03 Å². The van der Waals surface area contributed by atoms with E-state index in [-0.39, 0.29) is 0 Å². The van der Waals surface area contributed by atoms with Gasteiger partial charge in [-0.2, -0.15) is 0 Å². The van der Waals surface area contributed by atoms with Gasteiger partial charge < -0.3 is 5.32 Å². The second kappa shape index (κ2) is 7.93. The maximum absolute atomic E-state index is 6.01. The fourth-order valence-corrected chi connectivity index (χ4v) is 2.51. The van der Waals surface area contributed by atoms with Crippen molar-refractivity contribution >= 4 is 23.4 Å². The lowest BCUT2D eigenvalue weighted by Gasteiger charge is -2.12. The van der Waals surface area contributed by atoms with Crippen LogP contribution in [0, 0.1) is 0 Å². The Balaban J connectivity index is 2.19. The quantitative estimate of drug-likeness (QED) is 0.598. The van der Waals surface area contributed by atoms with Gasteiger partial charge in [0, 0.05) is 24.5 Å². The molecule has 2 nitrogen and oxygen atoms in total. The van der Waals surface area contributed by atoms with Crippen LogP contribution in [0.4, 0.5) is 0 Å². The molecule has 1 heterocycles. The highest BCUT2D eigenvalue weighted by Crippen LogP contribution is 2.23. The maximum Gasteiger partial charge on any atom is 0.115 e. The number of pyridine rings is 1. The maximum atomic E-state index is 6.01. The molecule has 0 amide bonds. The topological polar surface area (TPSA) is 24.9 Å². The Labute approximate surface area is 107 Å². The summed E-state index contributed by atoms with van der Waals surface area (Å²) in [7, 11) is 0. The van der Waals surface area contributed by atoms with Crippen molar-refractivity contribution in [2.24, 2.45) is 0 Å². The molecule has 0 bridgehead atoms. The number of halogens is 1. The molecule has 0 aliphatic carbocycles. The van der Waals surface area contributed by atoms with Gasteiger partial charge in [-0.15, -0.1) is 11.8 Å². The van der Waals surface area contributed by atoms with Crippen LogP contribution in [-0.2, 0) is 0 Å². The van der Waals surface area contributed by atoms with Gasteiger partial charge in [0.25, 0.3) is 0 Å². The van der Waals surface area contributed by atoms with Gasteiger partial charge in [-0.05, 0) is 25.5 Å². The first-order valence-electron chi connectivity index (χ1n) is 5.70. The zero-order valence-electron chi connectivity index (χ0n) is 9.87. The number of nitrogens with zero attached hydrogens (tertiary/aromatic N) is 1. The molecule has 1 rings (SSSR count). The number of rotatable bonds is 7. The smallest absolute Gasteiger partial charge is 0.115 e. The van der Waals surface area contributed by atoms with Crippen molar-refractivity contribution in [2.45, 2.75) is 37.8 Å². The van der Waals surface area contributed by atoms with Crippen molar-refractivity contribution in [3.05, 3.63) is 23.4 Å². The first kappa shape index (κ1) is 13.8. The fourth-order valence-electron chi connectivity index (χ4n) is 1.47. The van der Waals surface area contributed by atoms with Crippen LogP contribution in [0.25, 0.3) is 0 Å². The van der Waals surface area contributed by atoms with Gasteiger partial charge in [0.2, 0.25) is 0 Å². The number of thioether (sulfide) groups is 1. The van der Waals surface area contributed by atoms with Crippen molar-refractivity contribution < 1.29 is 0 Å². The molecule has 16 heavy (non-hydrogen) atoms. The van der Waals surface area contributed by atoms with Crippen LogP contribution < -0.4 is 5.32 Å². The normalized spacial score (nSPS) is 12.7. The van der Waals surface area contributed by atoms with Gasteiger partial charge in [-0.25, -0.2) is 4.98 Å². The Hall–Kier alpha value is -0.250. The van der Waals surface area contributed by atoms with Crippen LogP contribution in [0.5, 0.6) is 0 Å². The van der Waals surface area contributed by atoms with Gasteiger partial charge in [-0.3, -0.25) is 0 Å². The third-order valence-corrected chi connectivity index (χ3v) is 3.70. The third kappa shape index (κ3) is 5.19. The third-order valence-electron chi connectivity index (χ3n) is 2.28. The Morgan fingerprint density at radius 3 is 3.06 bits per heavy atom. The van der Waals surface area contributed by atoms with Crippen LogP contribution in [0.1, 0.15) is 26.7 Å². The van der Waals surface area contributed by atoms with E-state index in [9.17, 15) is 0 Å². The molecule has 0 radical (unpaired) electrons. The van der Waals surface area contributed by atoms with E-state index in [1.165, 1.54) is 12.8 Å². The lowest BCUT2D eigenvalue weighted by molar-refractivity contribution is 0.526. The number of nitrogens with one attached hydrogen (secondary N) is 1. The summed E-state index contributed by atoms with van der Waals surface area (Å²) in [6.07, 6.45) is 4.24. The Morgan fingerprint density at radius 1 is 1.56 bits per heavy atom. The highest BCUT2D eigenvalue weighted by molar-refractivity contribution is 7.99. The van der Waals surface area contributed by atoms with Crippen molar-refractivity contribution in [3.63, 3.8) is 0 Å². The molecular formula is C12H19ClN2S. The Kier molecular flexibility index (Phi) is 6.85. The molecule has 0 saturated heterocycles. The van der Waals surface area contributed by atoms with E-state index < -0.39 is 0 Å². The number of hydrogen-bond donors (Lipinski definition) is 1. The van der Waals surface area contributed by atoms with Gasteiger partial charge in [0.15, 0.2) is 0 Å². The van der Waals surface area contributed by atoms with Gasteiger partial charge in [-0.1, -0.05) is 24.9 Å². The molecule has 0 spiro atoms. The van der Waals surface area contributed by atoms with Gasteiger partial charge in [0.05, 0.1) is 5.02 Å². The Morgan fingerprint density at radius 2 is 2.38 bits per heavy atom. The molecule has 1 aromatic rings. The van der Waals surface area contributed by atoms with Crippen LogP contribution >= 0.6 is 23.4 Å². The molecule has 1 unspecified atom stereocenters. The van der Waals surface area contributed by atoms with E-state index in [0.29, 0.717) is 6.04 Å². The van der Waals surface area contributed by atoms with Crippen LogP contribution in [0.3, 0.4) is 0 Å². The van der Waals surface area contributed by atoms with Crippen LogP contribution in [-0.4, -0.2) is 23.3 Å². The summed E-state index contributed by atoms with van der Waals surface area (Å²) in [6, 6.07) is 4.34. The molecule has 0 fully saturated rings. The Bertz CT molecular complexity index is 307. The van der Waals surface area contributed by atoms with E-state index in [4.69, 9.17) is 11.6 Å². The zero-order chi connectivity index (χ0) is 11.8. The molecule has 1 aromatic heterocycles. The predicted octanol–water partition coefficient (Wildman–Crippen LogP) is 3.61. The predicted molar refractivity (Wildman–Crippen MR) is 72.3 cm³/mol. The minimum absolute atomic E-state index is 0.602. The molecule has 0 aliphatic heterocycles. The fraction of sp³-hybridized carbons (Fsp3) is 0.583. The summed E-state index contributed by atoms with van der Waals surface area (Å²) in [6.45, 7) is 5.43. The number of hydrogen-bond acceptors (Lipinski definition) is 3. The SMILES string of the molecule is CCCC(C)NCCSc1ncccc1Cl. The first-order valence-corrected chi connectivity index (χ1v) is 7.07. The van der Waals surface area contributed by atoms with E-state index in [1.807, 2.05) is 12.1 Å². The highest BCUT2D eigenvalue weighted by atomic mass is 35.5. The molecule has 4 heteroatoms. The monoisotopic (exact) mass is 258 g/mol. The molecule has 90 valence electrons. The second-order valence-corrected chi connectivity index (χ2v) is 5.27. The van der Waals surface area contributed by atoms with Crippen molar-refractivity contribution in [1.29, 1.82) is 0 Å². The summed E-state index contributed by atoms with van der Waals surface area (Å²) < 4.78 is 0. The summed E-state index contributed by atoms with van der Waals surface area (Å²) in [5.41, 5.74) is 0. The molecular weight excluding hydrogens is 240 g/mol. The standard InChI is InChI=1S/C12H19ClN2S/c1-3-5-10(2)14-8-9-16-12-11(13)6-4-7-15-12/h4,6-7,10,14H,3,5,8-9H2,1-2H3.